The highest BCUT2D eigenvalue weighted by molar-refractivity contribution is 7.71. The number of nitrogens with zero attached hydrogens (tertiary/aromatic N) is 3. The molecule has 0 fully saturated rings. The highest BCUT2D eigenvalue weighted by Crippen LogP contribution is 2.32. The molecule has 0 unspecified atom stereocenters. The summed E-state index contributed by atoms with van der Waals surface area (Å²) in [4.78, 5) is 0. The lowest BCUT2D eigenvalue weighted by Crippen LogP contribution is -2.00. The van der Waals surface area contributed by atoms with Crippen LogP contribution in [-0.2, 0) is 0 Å². The van der Waals surface area contributed by atoms with Crippen molar-refractivity contribution in [3.8, 4) is 28.6 Å². The van der Waals surface area contributed by atoms with Crippen LogP contribution in [0.25, 0.3) is 11.4 Å². The van der Waals surface area contributed by atoms with Gasteiger partial charge in [0.05, 0.1) is 33.1 Å². The third kappa shape index (κ3) is 3.82. The summed E-state index contributed by atoms with van der Waals surface area (Å²) >= 11 is 5.24. The van der Waals surface area contributed by atoms with Crippen molar-refractivity contribution in [3.63, 3.8) is 0 Å². The molecule has 0 saturated carbocycles. The van der Waals surface area contributed by atoms with E-state index < -0.39 is 0 Å². The third-order valence-electron chi connectivity index (χ3n) is 3.79. The molecule has 7 nitrogen and oxygen atoms in total. The van der Waals surface area contributed by atoms with Crippen molar-refractivity contribution in [1.82, 2.24) is 14.9 Å². The first-order chi connectivity index (χ1) is 13.1. The second-order valence-corrected chi connectivity index (χ2v) is 5.75. The molecule has 0 bridgehead atoms. The molecule has 3 aromatic rings. The van der Waals surface area contributed by atoms with Crippen LogP contribution in [0.15, 0.2) is 41.5 Å². The monoisotopic (exact) mass is 388 g/mol. The summed E-state index contributed by atoms with van der Waals surface area (Å²) in [5.74, 6) is 1.60. The van der Waals surface area contributed by atoms with Crippen molar-refractivity contribution in [2.75, 3.05) is 21.3 Å². The van der Waals surface area contributed by atoms with Crippen molar-refractivity contribution in [2.24, 2.45) is 5.10 Å². The minimum Gasteiger partial charge on any atom is -0.496 e. The summed E-state index contributed by atoms with van der Waals surface area (Å²) < 4.78 is 31.2. The van der Waals surface area contributed by atoms with Crippen LogP contribution < -0.4 is 14.2 Å². The van der Waals surface area contributed by atoms with Gasteiger partial charge in [0.1, 0.15) is 23.1 Å². The molecule has 0 aliphatic carbocycles. The van der Waals surface area contributed by atoms with E-state index in [2.05, 4.69) is 15.3 Å². The van der Waals surface area contributed by atoms with Gasteiger partial charge in [-0.1, -0.05) is 12.1 Å². The van der Waals surface area contributed by atoms with Gasteiger partial charge in [-0.2, -0.15) is 14.9 Å². The Bertz CT molecular complexity index is 1020. The summed E-state index contributed by atoms with van der Waals surface area (Å²) in [6.07, 6.45) is 1.53. The van der Waals surface area contributed by atoms with Gasteiger partial charge in [0.2, 0.25) is 4.77 Å². The smallest absolute Gasteiger partial charge is 0.216 e. The molecule has 0 spiro atoms. The maximum absolute atomic E-state index is 13.6. The van der Waals surface area contributed by atoms with E-state index in [1.54, 1.807) is 31.4 Å². The first kappa shape index (κ1) is 18.6. The maximum Gasteiger partial charge on any atom is 0.216 e. The van der Waals surface area contributed by atoms with E-state index in [-0.39, 0.29) is 10.6 Å². The topological polar surface area (TPSA) is 73.7 Å². The Balaban J connectivity index is 2.08. The number of ether oxygens (including phenoxy) is 3. The zero-order chi connectivity index (χ0) is 19.4. The van der Waals surface area contributed by atoms with Gasteiger partial charge in [-0.15, -0.1) is 0 Å². The van der Waals surface area contributed by atoms with E-state index in [0.717, 1.165) is 0 Å². The normalized spacial score (nSPS) is 11.0. The molecule has 0 amide bonds. The third-order valence-corrected chi connectivity index (χ3v) is 4.05. The number of halogens is 1. The number of H-pyrrole nitrogens is 1. The number of rotatable bonds is 6. The predicted molar refractivity (Wildman–Crippen MR) is 102 cm³/mol. The Morgan fingerprint density at radius 1 is 1.11 bits per heavy atom. The zero-order valence-electron chi connectivity index (χ0n) is 14.9. The van der Waals surface area contributed by atoms with Crippen LogP contribution in [0.1, 0.15) is 5.56 Å². The molecular weight excluding hydrogens is 371 g/mol. The zero-order valence-corrected chi connectivity index (χ0v) is 15.7. The highest BCUT2D eigenvalue weighted by Gasteiger charge is 2.13. The first-order valence-corrected chi connectivity index (χ1v) is 8.26. The second kappa shape index (κ2) is 8.00. The lowest BCUT2D eigenvalue weighted by Gasteiger charge is -2.12. The van der Waals surface area contributed by atoms with Crippen LogP contribution >= 0.6 is 12.2 Å². The minimum absolute atomic E-state index is 0.261. The molecule has 0 aliphatic heterocycles. The van der Waals surface area contributed by atoms with Crippen LogP contribution in [-0.4, -0.2) is 42.4 Å². The molecule has 0 atom stereocenters. The van der Waals surface area contributed by atoms with Crippen LogP contribution in [0.5, 0.6) is 17.2 Å². The Morgan fingerprint density at radius 2 is 1.81 bits per heavy atom. The van der Waals surface area contributed by atoms with Gasteiger partial charge in [-0.05, 0) is 24.4 Å². The van der Waals surface area contributed by atoms with Crippen molar-refractivity contribution in [3.05, 3.63) is 52.5 Å². The molecule has 3 rings (SSSR count). The summed E-state index contributed by atoms with van der Waals surface area (Å²) in [5.41, 5.74) is 1.13. The van der Waals surface area contributed by atoms with Gasteiger partial charge in [-0.3, -0.25) is 0 Å². The largest absolute Gasteiger partial charge is 0.496 e. The molecular formula is C18H17FN4O3S. The van der Waals surface area contributed by atoms with Crippen LogP contribution in [0, 0.1) is 10.6 Å². The fourth-order valence-electron chi connectivity index (χ4n) is 2.49. The molecule has 9 heteroatoms. The van der Waals surface area contributed by atoms with Crippen LogP contribution in [0.3, 0.4) is 0 Å². The standard InChI is InChI=1S/C18H17FN4O3S/c1-24-13-8-15(25-2)14(16(9-13)26-3)10-20-23-17(21-22-18(23)27)11-5-4-6-12(19)7-11/h4-10H,1-3H3,(H,22,27)/b20-10-. The molecule has 0 radical (unpaired) electrons. The number of aromatic amines is 1. The molecule has 0 aliphatic rings. The average Bonchev–Trinajstić information content (AvgIpc) is 3.06. The fourth-order valence-corrected chi connectivity index (χ4v) is 2.67. The van der Waals surface area contributed by atoms with Gasteiger partial charge < -0.3 is 14.2 Å². The number of nitrogens with one attached hydrogen (secondary N) is 1. The van der Waals surface area contributed by atoms with E-state index in [1.165, 1.54) is 37.2 Å². The van der Waals surface area contributed by atoms with E-state index in [4.69, 9.17) is 26.4 Å². The van der Waals surface area contributed by atoms with E-state index in [9.17, 15) is 4.39 Å². The van der Waals surface area contributed by atoms with Gasteiger partial charge in [0, 0.05) is 17.7 Å². The highest BCUT2D eigenvalue weighted by atomic mass is 32.1. The first-order valence-electron chi connectivity index (χ1n) is 7.85. The quantitative estimate of drug-likeness (QED) is 0.515. The number of methoxy groups -OCH3 is 3. The van der Waals surface area contributed by atoms with E-state index in [1.807, 2.05) is 0 Å². The summed E-state index contributed by atoms with van der Waals surface area (Å²) in [7, 11) is 4.62. The summed E-state index contributed by atoms with van der Waals surface area (Å²) in [5, 5.41) is 11.2. The number of aromatic nitrogens is 3. The Kier molecular flexibility index (Phi) is 5.51. The summed E-state index contributed by atoms with van der Waals surface area (Å²) in [6.45, 7) is 0. The van der Waals surface area contributed by atoms with Gasteiger partial charge in [-0.25, -0.2) is 9.49 Å². The van der Waals surface area contributed by atoms with Crippen LogP contribution in [0.4, 0.5) is 4.39 Å². The number of hydrogen-bond donors (Lipinski definition) is 1. The Hall–Kier alpha value is -3.20. The van der Waals surface area contributed by atoms with Crippen molar-refractivity contribution >= 4 is 18.4 Å². The Morgan fingerprint density at radius 3 is 2.41 bits per heavy atom. The van der Waals surface area contributed by atoms with Crippen molar-refractivity contribution in [1.29, 1.82) is 0 Å². The molecule has 2 aromatic carbocycles. The minimum atomic E-state index is -0.379. The van der Waals surface area contributed by atoms with Gasteiger partial charge in [0.15, 0.2) is 5.82 Å². The number of hydrogen-bond acceptors (Lipinski definition) is 6. The van der Waals surface area contributed by atoms with Gasteiger partial charge >= 0.3 is 0 Å². The molecule has 0 saturated heterocycles. The van der Waals surface area contributed by atoms with Crippen molar-refractivity contribution < 1.29 is 18.6 Å². The number of benzene rings is 2. The average molecular weight is 388 g/mol. The second-order valence-electron chi connectivity index (χ2n) is 5.36. The molecule has 27 heavy (non-hydrogen) atoms. The maximum atomic E-state index is 13.6. The molecule has 1 N–H and O–H groups in total. The van der Waals surface area contributed by atoms with E-state index in [0.29, 0.717) is 34.2 Å². The van der Waals surface area contributed by atoms with Crippen molar-refractivity contribution in [2.45, 2.75) is 0 Å². The Labute approximate surface area is 160 Å². The summed E-state index contributed by atoms with van der Waals surface area (Å²) in [6, 6.07) is 9.44. The molecule has 1 aromatic heterocycles. The lowest BCUT2D eigenvalue weighted by molar-refractivity contribution is 0.374. The fraction of sp³-hybridized carbons (Fsp3) is 0.167. The van der Waals surface area contributed by atoms with E-state index >= 15 is 0 Å². The SMILES string of the molecule is COc1cc(OC)c(/C=N\n2c(-c3cccc(F)c3)n[nH]c2=S)c(OC)c1. The molecule has 1 heterocycles. The van der Waals surface area contributed by atoms with Gasteiger partial charge in [0.25, 0.3) is 0 Å². The molecule has 140 valence electrons. The van der Waals surface area contributed by atoms with Crippen LogP contribution in [0.2, 0.25) is 0 Å². The predicted octanol–water partition coefficient (Wildman–Crippen LogP) is 3.65. The lowest BCUT2D eigenvalue weighted by atomic mass is 10.2.